The van der Waals surface area contributed by atoms with Crippen LogP contribution in [0.1, 0.15) is 65.2 Å². The number of para-hydroxylation sites is 1. The molecule has 4 nitrogen and oxygen atoms in total. The van der Waals surface area contributed by atoms with Gasteiger partial charge < -0.3 is 14.3 Å². The smallest absolute Gasteiger partial charge is 0.159 e. The molecule has 3 aliphatic carbocycles. The van der Waals surface area contributed by atoms with E-state index in [1.807, 2.05) is 6.07 Å². The van der Waals surface area contributed by atoms with Crippen LogP contribution >= 0.6 is 0 Å². The third-order valence-electron chi connectivity index (χ3n) is 12.2. The van der Waals surface area contributed by atoms with Crippen LogP contribution in [0.15, 0.2) is 150 Å². The number of benzene rings is 4. The highest BCUT2D eigenvalue weighted by Crippen LogP contribution is 2.45. The van der Waals surface area contributed by atoms with Crippen LogP contribution in [0.2, 0.25) is 0 Å². The van der Waals surface area contributed by atoms with Crippen molar-refractivity contribution in [3.8, 4) is 16.9 Å². The molecule has 3 aromatic heterocycles. The van der Waals surface area contributed by atoms with Crippen molar-refractivity contribution in [1.29, 1.82) is 0 Å². The van der Waals surface area contributed by atoms with Gasteiger partial charge in [0.2, 0.25) is 0 Å². The zero-order valence-electron chi connectivity index (χ0n) is 30.4. The number of rotatable bonds is 4. The number of hydrogen-bond acceptors (Lipinski definition) is 3. The number of fused-ring (bicyclic) bond motifs is 9. The van der Waals surface area contributed by atoms with Crippen molar-refractivity contribution in [1.82, 2.24) is 14.9 Å². The molecule has 0 radical (unpaired) electrons. The highest BCUT2D eigenvalue weighted by molar-refractivity contribution is 6.08. The van der Waals surface area contributed by atoms with Crippen LogP contribution in [0.4, 0.5) is 0 Å². The Labute approximate surface area is 315 Å². The molecule has 4 heterocycles. The fourth-order valence-corrected chi connectivity index (χ4v) is 9.30. The third-order valence-corrected chi connectivity index (χ3v) is 12.2. The molecule has 0 fully saturated rings. The van der Waals surface area contributed by atoms with Crippen LogP contribution in [0.3, 0.4) is 0 Å². The molecule has 260 valence electrons. The Kier molecular flexibility index (Phi) is 6.67. The molecule has 7 aromatic rings. The lowest BCUT2D eigenvalue weighted by molar-refractivity contribution is 0.493. The van der Waals surface area contributed by atoms with Crippen molar-refractivity contribution in [3.63, 3.8) is 0 Å². The summed E-state index contributed by atoms with van der Waals surface area (Å²) in [6.07, 6.45) is 21.3. The average Bonchev–Trinajstić information content (AvgIpc) is 3.76. The Morgan fingerprint density at radius 2 is 1.61 bits per heavy atom. The molecule has 0 spiro atoms. The molecule has 11 rings (SSSR count). The van der Waals surface area contributed by atoms with Gasteiger partial charge in [0.05, 0.1) is 17.1 Å². The molecule has 4 aliphatic rings. The van der Waals surface area contributed by atoms with E-state index in [2.05, 4.69) is 175 Å². The van der Waals surface area contributed by atoms with Gasteiger partial charge in [0, 0.05) is 50.8 Å². The van der Waals surface area contributed by atoms with E-state index in [0.29, 0.717) is 0 Å². The van der Waals surface area contributed by atoms with E-state index in [1.54, 1.807) is 0 Å². The lowest BCUT2D eigenvalue weighted by Crippen LogP contribution is -2.43. The molecule has 0 saturated heterocycles. The quantitative estimate of drug-likeness (QED) is 0.199. The standard InChI is InChI=1S/C50H39N3O/c1-49(35-14-7-4-8-15-35)29-28-38-37-16-9-10-18-43(37)53(45(38)31-49)44-19-11-17-40-39-25-21-34(30-46(39)54-47(40)44)42-27-24-36-23-20-33-22-26-41(32-12-5-3-6-13-32)51-48(33)50(36,2)52-42/h3-8,10-15,17-30,52H,9,16,31H2,1-2H3. The van der Waals surface area contributed by atoms with Gasteiger partial charge in [0.15, 0.2) is 5.58 Å². The molecule has 4 aromatic carbocycles. The van der Waals surface area contributed by atoms with Crippen LogP contribution in [0.5, 0.6) is 0 Å². The summed E-state index contributed by atoms with van der Waals surface area (Å²) in [5, 5.41) is 6.17. The van der Waals surface area contributed by atoms with E-state index in [0.717, 1.165) is 80.7 Å². The zero-order chi connectivity index (χ0) is 36.0. The number of allylic oxidation sites excluding steroid dienone is 4. The van der Waals surface area contributed by atoms with Gasteiger partial charge in [0.1, 0.15) is 11.1 Å². The number of dihydropyridines is 1. The second kappa shape index (κ2) is 11.6. The van der Waals surface area contributed by atoms with Crippen LogP contribution < -0.4 is 5.32 Å². The van der Waals surface area contributed by atoms with Crippen molar-refractivity contribution in [2.24, 2.45) is 0 Å². The predicted molar refractivity (Wildman–Crippen MR) is 222 cm³/mol. The van der Waals surface area contributed by atoms with Gasteiger partial charge in [-0.05, 0) is 84.0 Å². The van der Waals surface area contributed by atoms with Gasteiger partial charge in [-0.25, -0.2) is 4.98 Å². The molecule has 1 aliphatic heterocycles. The maximum atomic E-state index is 6.95. The van der Waals surface area contributed by atoms with Crippen molar-refractivity contribution in [2.45, 2.75) is 44.1 Å². The molecule has 0 bridgehead atoms. The molecule has 2 atom stereocenters. The van der Waals surface area contributed by atoms with E-state index < -0.39 is 5.54 Å². The van der Waals surface area contributed by atoms with E-state index in [-0.39, 0.29) is 5.41 Å². The van der Waals surface area contributed by atoms with Crippen molar-refractivity contribution in [2.75, 3.05) is 0 Å². The van der Waals surface area contributed by atoms with Crippen LogP contribution in [-0.2, 0) is 23.8 Å². The molecule has 54 heavy (non-hydrogen) atoms. The van der Waals surface area contributed by atoms with E-state index in [1.165, 1.54) is 33.7 Å². The Morgan fingerprint density at radius 3 is 2.48 bits per heavy atom. The molecular weight excluding hydrogens is 659 g/mol. The number of nitrogens with one attached hydrogen (secondary N) is 1. The topological polar surface area (TPSA) is 43.0 Å². The van der Waals surface area contributed by atoms with Gasteiger partial charge in [-0.2, -0.15) is 0 Å². The molecule has 4 heteroatoms. The van der Waals surface area contributed by atoms with Crippen molar-refractivity contribution in [3.05, 3.63) is 190 Å². The van der Waals surface area contributed by atoms with Gasteiger partial charge >= 0.3 is 0 Å². The highest BCUT2D eigenvalue weighted by Gasteiger charge is 2.38. The van der Waals surface area contributed by atoms with Crippen molar-refractivity contribution >= 4 is 45.9 Å². The molecule has 0 saturated carbocycles. The molecular formula is C50H39N3O. The fraction of sp³-hybridized carbons (Fsp3) is 0.140. The van der Waals surface area contributed by atoms with E-state index >= 15 is 0 Å². The Bertz CT molecular complexity index is 2840. The summed E-state index contributed by atoms with van der Waals surface area (Å²) >= 11 is 0. The third kappa shape index (κ3) is 4.59. The van der Waals surface area contributed by atoms with Crippen LogP contribution in [0.25, 0.3) is 62.8 Å². The fourth-order valence-electron chi connectivity index (χ4n) is 9.30. The number of pyridine rings is 1. The van der Waals surface area contributed by atoms with Gasteiger partial charge in [-0.3, -0.25) is 0 Å². The monoisotopic (exact) mass is 697 g/mol. The minimum Gasteiger partial charge on any atom is -0.454 e. The van der Waals surface area contributed by atoms with Crippen LogP contribution in [0, 0.1) is 0 Å². The normalized spacial score (nSPS) is 20.9. The molecule has 1 N–H and O–H groups in total. The lowest BCUT2D eigenvalue weighted by atomic mass is 9.74. The summed E-state index contributed by atoms with van der Waals surface area (Å²) in [7, 11) is 0. The first-order valence-corrected chi connectivity index (χ1v) is 19.1. The number of hydrogen-bond donors (Lipinski definition) is 1. The summed E-state index contributed by atoms with van der Waals surface area (Å²) in [4.78, 5) is 5.26. The summed E-state index contributed by atoms with van der Waals surface area (Å²) in [6, 6.07) is 38.9. The SMILES string of the molecule is CC1(c2ccccc2)C=Cc2c3c(n(-c4cccc5c4oc4cc(C6=CC=C7C=Cc8ccc(-c9ccccc9)nc8C7(C)N6)ccc45)c2C1)C=CCC3. The van der Waals surface area contributed by atoms with E-state index in [4.69, 9.17) is 9.40 Å². The highest BCUT2D eigenvalue weighted by atomic mass is 16.3. The van der Waals surface area contributed by atoms with Gasteiger partial charge in [-0.1, -0.05) is 128 Å². The summed E-state index contributed by atoms with van der Waals surface area (Å²) in [5.41, 5.74) is 16.7. The second-order valence-electron chi connectivity index (χ2n) is 15.5. The first-order chi connectivity index (χ1) is 26.5. The molecule has 2 unspecified atom stereocenters. The maximum absolute atomic E-state index is 6.95. The number of furan rings is 1. The number of nitrogens with zero attached hydrogens (tertiary/aromatic N) is 2. The largest absolute Gasteiger partial charge is 0.454 e. The average molecular weight is 698 g/mol. The summed E-state index contributed by atoms with van der Waals surface area (Å²) in [5.74, 6) is 0. The van der Waals surface area contributed by atoms with Gasteiger partial charge in [-0.15, -0.1) is 0 Å². The van der Waals surface area contributed by atoms with Crippen LogP contribution in [-0.4, -0.2) is 9.55 Å². The molecule has 0 amide bonds. The predicted octanol–water partition coefficient (Wildman–Crippen LogP) is 11.7. The van der Waals surface area contributed by atoms with Crippen molar-refractivity contribution < 1.29 is 4.42 Å². The lowest BCUT2D eigenvalue weighted by Gasteiger charge is -2.39. The first-order valence-electron chi connectivity index (χ1n) is 19.1. The first kappa shape index (κ1) is 31.2. The maximum Gasteiger partial charge on any atom is 0.159 e. The Balaban J connectivity index is 1.01. The summed E-state index contributed by atoms with van der Waals surface area (Å²) in [6.45, 7) is 4.61. The van der Waals surface area contributed by atoms with E-state index in [9.17, 15) is 0 Å². The zero-order valence-corrected chi connectivity index (χ0v) is 30.4. The minimum atomic E-state index is -0.488. The number of aromatic nitrogens is 2. The van der Waals surface area contributed by atoms with Gasteiger partial charge in [0.25, 0.3) is 0 Å². The second-order valence-corrected chi connectivity index (χ2v) is 15.5. The minimum absolute atomic E-state index is 0.105. The summed E-state index contributed by atoms with van der Waals surface area (Å²) < 4.78 is 9.45. The Morgan fingerprint density at radius 1 is 0.759 bits per heavy atom. The Hall–Kier alpha value is -6.39.